The lowest BCUT2D eigenvalue weighted by atomic mass is 10.4. The molecule has 4 nitrogen and oxygen atoms in total. The van der Waals surface area contributed by atoms with E-state index in [0.717, 1.165) is 6.26 Å². The van der Waals surface area contributed by atoms with Crippen LogP contribution in [0.4, 0.5) is 0 Å². The third kappa shape index (κ3) is 1.85. The minimum atomic E-state index is -3.39. The highest BCUT2D eigenvalue weighted by Crippen LogP contribution is 2.34. The van der Waals surface area contributed by atoms with Gasteiger partial charge in [0.25, 0.3) is 0 Å². The Morgan fingerprint density at radius 1 is 1.50 bits per heavy atom. The molecule has 0 aliphatic heterocycles. The van der Waals surface area contributed by atoms with Crippen molar-refractivity contribution in [2.75, 3.05) is 6.26 Å². The SMILES string of the molecule is Cc1oc2c(S(C)(=O)=O)cc(Cl)nc2c1Br. The van der Waals surface area contributed by atoms with Crippen LogP contribution in [0.3, 0.4) is 0 Å². The van der Waals surface area contributed by atoms with Gasteiger partial charge in [-0.3, -0.25) is 0 Å². The van der Waals surface area contributed by atoms with E-state index >= 15 is 0 Å². The van der Waals surface area contributed by atoms with Gasteiger partial charge >= 0.3 is 0 Å². The molecule has 0 unspecified atom stereocenters. The number of furan rings is 1. The number of hydrogen-bond donors (Lipinski definition) is 0. The highest BCUT2D eigenvalue weighted by Gasteiger charge is 2.20. The van der Waals surface area contributed by atoms with Gasteiger partial charge in [-0.05, 0) is 28.9 Å². The zero-order valence-electron chi connectivity index (χ0n) is 8.41. The summed E-state index contributed by atoms with van der Waals surface area (Å²) < 4.78 is 29.1. The maximum atomic E-state index is 11.6. The van der Waals surface area contributed by atoms with Crippen molar-refractivity contribution in [3.05, 3.63) is 21.5 Å². The number of hydrogen-bond acceptors (Lipinski definition) is 4. The van der Waals surface area contributed by atoms with Gasteiger partial charge in [-0.1, -0.05) is 11.6 Å². The third-order valence-corrected chi connectivity index (χ3v) is 4.31. The van der Waals surface area contributed by atoms with E-state index in [1.54, 1.807) is 6.92 Å². The molecule has 86 valence electrons. The number of aromatic nitrogens is 1. The van der Waals surface area contributed by atoms with Gasteiger partial charge in [0.05, 0.1) is 4.47 Å². The van der Waals surface area contributed by atoms with Gasteiger partial charge < -0.3 is 4.42 Å². The van der Waals surface area contributed by atoms with E-state index in [-0.39, 0.29) is 15.6 Å². The van der Waals surface area contributed by atoms with Crippen molar-refractivity contribution in [3.8, 4) is 0 Å². The first-order valence-corrected chi connectivity index (χ1v) is 7.32. The van der Waals surface area contributed by atoms with Crippen LogP contribution >= 0.6 is 27.5 Å². The standard InChI is InChI=1S/C9H7BrClNO3S/c1-4-7(10)8-9(15-4)5(16(2,13)14)3-6(11)12-8/h3H,1-2H3. The molecule has 0 saturated carbocycles. The number of nitrogens with zero attached hydrogens (tertiary/aromatic N) is 1. The average molecular weight is 325 g/mol. The summed E-state index contributed by atoms with van der Waals surface area (Å²) in [5, 5.41) is 0.120. The fourth-order valence-corrected chi connectivity index (χ4v) is 2.78. The van der Waals surface area contributed by atoms with Crippen molar-refractivity contribution in [3.63, 3.8) is 0 Å². The Morgan fingerprint density at radius 2 is 2.12 bits per heavy atom. The number of pyridine rings is 1. The Labute approximate surface area is 106 Å². The van der Waals surface area contributed by atoms with Crippen LogP contribution in [-0.4, -0.2) is 19.7 Å². The second-order valence-electron chi connectivity index (χ2n) is 3.37. The van der Waals surface area contributed by atoms with E-state index in [0.29, 0.717) is 15.7 Å². The van der Waals surface area contributed by atoms with Gasteiger partial charge in [-0.15, -0.1) is 0 Å². The maximum Gasteiger partial charge on any atom is 0.179 e. The Morgan fingerprint density at radius 3 is 2.69 bits per heavy atom. The molecule has 0 spiro atoms. The molecule has 7 heteroatoms. The summed E-state index contributed by atoms with van der Waals surface area (Å²) in [5.41, 5.74) is 0.654. The van der Waals surface area contributed by atoms with Crippen LogP contribution in [-0.2, 0) is 9.84 Å². The predicted octanol–water partition coefficient (Wildman–Crippen LogP) is 2.96. The fourth-order valence-electron chi connectivity index (χ4n) is 1.37. The zero-order valence-corrected chi connectivity index (χ0v) is 11.6. The Bertz CT molecular complexity index is 678. The van der Waals surface area contributed by atoms with Crippen LogP contribution in [0.15, 0.2) is 19.9 Å². The molecule has 0 radical (unpaired) electrons. The first-order valence-electron chi connectivity index (χ1n) is 4.26. The number of fused-ring (bicyclic) bond motifs is 1. The van der Waals surface area contributed by atoms with Crippen LogP contribution in [0.25, 0.3) is 11.1 Å². The lowest BCUT2D eigenvalue weighted by Gasteiger charge is -1.99. The molecule has 2 aromatic heterocycles. The average Bonchev–Trinajstić information content (AvgIpc) is 2.42. The maximum absolute atomic E-state index is 11.6. The second kappa shape index (κ2) is 3.72. The monoisotopic (exact) mass is 323 g/mol. The first-order chi connectivity index (χ1) is 7.30. The summed E-state index contributed by atoms with van der Waals surface area (Å²) >= 11 is 9.05. The van der Waals surface area contributed by atoms with Crippen LogP contribution in [0.2, 0.25) is 5.15 Å². The molecule has 2 rings (SSSR count). The molecular weight excluding hydrogens is 318 g/mol. The summed E-state index contributed by atoms with van der Waals surface area (Å²) in [6, 6.07) is 1.29. The first kappa shape index (κ1) is 11.9. The highest BCUT2D eigenvalue weighted by atomic mass is 79.9. The highest BCUT2D eigenvalue weighted by molar-refractivity contribution is 9.10. The van der Waals surface area contributed by atoms with Crippen LogP contribution in [0.1, 0.15) is 5.76 Å². The predicted molar refractivity (Wildman–Crippen MR) is 64.6 cm³/mol. The molecule has 0 fully saturated rings. The molecule has 0 atom stereocenters. The second-order valence-corrected chi connectivity index (χ2v) is 6.53. The van der Waals surface area contributed by atoms with Crippen molar-refractivity contribution >= 4 is 48.5 Å². The smallest absolute Gasteiger partial charge is 0.179 e. The molecule has 0 aliphatic rings. The number of aryl methyl sites for hydroxylation is 1. The molecule has 0 bridgehead atoms. The largest absolute Gasteiger partial charge is 0.457 e. The summed E-state index contributed by atoms with van der Waals surface area (Å²) in [7, 11) is -3.39. The van der Waals surface area contributed by atoms with E-state index < -0.39 is 9.84 Å². The Kier molecular flexibility index (Phi) is 2.76. The number of sulfone groups is 1. The summed E-state index contributed by atoms with van der Waals surface area (Å²) in [6.07, 6.45) is 1.10. The molecule has 0 N–H and O–H groups in total. The van der Waals surface area contributed by atoms with Crippen LogP contribution < -0.4 is 0 Å². The molecule has 0 saturated heterocycles. The minimum Gasteiger partial charge on any atom is -0.457 e. The molecule has 2 heterocycles. The summed E-state index contributed by atoms with van der Waals surface area (Å²) in [6.45, 7) is 1.71. The van der Waals surface area contributed by atoms with E-state index in [1.807, 2.05) is 0 Å². The van der Waals surface area contributed by atoms with Gasteiger partial charge in [0.1, 0.15) is 21.3 Å². The van der Waals surface area contributed by atoms with E-state index in [1.165, 1.54) is 6.07 Å². The molecule has 16 heavy (non-hydrogen) atoms. The van der Waals surface area contributed by atoms with Gasteiger partial charge in [0.2, 0.25) is 0 Å². The third-order valence-electron chi connectivity index (χ3n) is 2.08. The van der Waals surface area contributed by atoms with Crippen molar-refractivity contribution in [1.82, 2.24) is 4.98 Å². The van der Waals surface area contributed by atoms with Gasteiger partial charge in [-0.2, -0.15) is 0 Å². The van der Waals surface area contributed by atoms with Crippen molar-refractivity contribution < 1.29 is 12.8 Å². The normalized spacial score (nSPS) is 12.2. The quantitative estimate of drug-likeness (QED) is 0.757. The van der Waals surface area contributed by atoms with Gasteiger partial charge in [-0.25, -0.2) is 13.4 Å². The molecule has 0 amide bonds. The topological polar surface area (TPSA) is 60.2 Å². The minimum absolute atomic E-state index is 0.0521. The van der Waals surface area contributed by atoms with Gasteiger partial charge in [0, 0.05) is 6.26 Å². The van der Waals surface area contributed by atoms with E-state index in [4.69, 9.17) is 16.0 Å². The molecular formula is C9H7BrClNO3S. The Balaban J connectivity index is 3.00. The molecule has 2 aromatic rings. The van der Waals surface area contributed by atoms with Crippen LogP contribution in [0.5, 0.6) is 0 Å². The van der Waals surface area contributed by atoms with Crippen molar-refractivity contribution in [2.45, 2.75) is 11.8 Å². The van der Waals surface area contributed by atoms with Crippen LogP contribution in [0, 0.1) is 6.92 Å². The lowest BCUT2D eigenvalue weighted by Crippen LogP contribution is -1.98. The van der Waals surface area contributed by atoms with E-state index in [2.05, 4.69) is 20.9 Å². The van der Waals surface area contributed by atoms with Gasteiger partial charge in [0.15, 0.2) is 15.4 Å². The zero-order chi connectivity index (χ0) is 12.1. The molecule has 0 aliphatic carbocycles. The van der Waals surface area contributed by atoms with Crippen molar-refractivity contribution in [1.29, 1.82) is 0 Å². The molecule has 0 aromatic carbocycles. The van der Waals surface area contributed by atoms with Crippen molar-refractivity contribution in [2.24, 2.45) is 0 Å². The summed E-state index contributed by atoms with van der Waals surface area (Å²) in [4.78, 5) is 4.08. The lowest BCUT2D eigenvalue weighted by molar-refractivity contribution is 0.563. The fraction of sp³-hybridized carbons (Fsp3) is 0.222. The number of rotatable bonds is 1. The van der Waals surface area contributed by atoms with E-state index in [9.17, 15) is 8.42 Å². The number of halogens is 2. The Hall–Kier alpha value is -0.590. The summed E-state index contributed by atoms with van der Waals surface area (Å²) in [5.74, 6) is 0.565.